The van der Waals surface area contributed by atoms with Crippen molar-refractivity contribution in [2.24, 2.45) is 11.7 Å². The van der Waals surface area contributed by atoms with Crippen LogP contribution in [0.4, 0.5) is 0 Å². The van der Waals surface area contributed by atoms with E-state index in [1.807, 2.05) is 13.8 Å². The first kappa shape index (κ1) is 19.5. The van der Waals surface area contributed by atoms with Crippen LogP contribution in [-0.2, 0) is 11.2 Å². The lowest BCUT2D eigenvalue weighted by atomic mass is 9.97. The van der Waals surface area contributed by atoms with Gasteiger partial charge in [0, 0.05) is 32.6 Å². The number of nitrogens with one attached hydrogen (secondary N) is 1. The van der Waals surface area contributed by atoms with Crippen LogP contribution in [-0.4, -0.2) is 42.9 Å². The number of nitrogens with zero attached hydrogens (tertiary/aromatic N) is 1. The van der Waals surface area contributed by atoms with Gasteiger partial charge >= 0.3 is 0 Å². The van der Waals surface area contributed by atoms with E-state index in [0.717, 1.165) is 30.6 Å². The van der Waals surface area contributed by atoms with Crippen molar-refractivity contribution < 1.29 is 14.0 Å². The predicted molar refractivity (Wildman–Crippen MR) is 90.8 cm³/mol. The number of carbonyl (C=O) groups excluding carboxylic acids is 2. The van der Waals surface area contributed by atoms with Crippen LogP contribution in [0.25, 0.3) is 0 Å². The van der Waals surface area contributed by atoms with Gasteiger partial charge in [-0.1, -0.05) is 6.92 Å². The van der Waals surface area contributed by atoms with Crippen molar-refractivity contribution in [3.05, 3.63) is 23.2 Å². The molecule has 1 saturated heterocycles. The molecule has 0 aromatic carbocycles. The lowest BCUT2D eigenvalue weighted by Gasteiger charge is -2.31. The Bertz CT molecular complexity index is 545. The number of halogens is 1. The van der Waals surface area contributed by atoms with Crippen LogP contribution in [0.3, 0.4) is 0 Å². The SMILES string of the molecule is CCc1oc(C(=O)N2CCCC(C(=O)NCCN)C2)cc1C.Cl. The van der Waals surface area contributed by atoms with Gasteiger partial charge in [0.25, 0.3) is 5.91 Å². The molecule has 1 aromatic heterocycles. The second kappa shape index (κ2) is 8.93. The minimum absolute atomic E-state index is 0. The summed E-state index contributed by atoms with van der Waals surface area (Å²) in [6.07, 6.45) is 2.40. The molecule has 1 aromatic rings. The molecule has 0 saturated carbocycles. The minimum Gasteiger partial charge on any atom is -0.456 e. The summed E-state index contributed by atoms with van der Waals surface area (Å²) in [5.41, 5.74) is 6.40. The lowest BCUT2D eigenvalue weighted by molar-refractivity contribution is -0.126. The van der Waals surface area contributed by atoms with Gasteiger partial charge in [-0.05, 0) is 31.4 Å². The average Bonchev–Trinajstić information content (AvgIpc) is 2.92. The Hall–Kier alpha value is -1.53. The number of aryl methyl sites for hydroxylation is 2. The molecule has 6 nitrogen and oxygen atoms in total. The van der Waals surface area contributed by atoms with Crippen molar-refractivity contribution in [2.75, 3.05) is 26.2 Å². The van der Waals surface area contributed by atoms with Crippen molar-refractivity contribution in [1.29, 1.82) is 0 Å². The van der Waals surface area contributed by atoms with Gasteiger partial charge in [-0.15, -0.1) is 12.4 Å². The molecule has 1 aliphatic rings. The molecule has 1 fully saturated rings. The monoisotopic (exact) mass is 343 g/mol. The van der Waals surface area contributed by atoms with Crippen molar-refractivity contribution >= 4 is 24.2 Å². The van der Waals surface area contributed by atoms with Crippen LogP contribution in [0.1, 0.15) is 41.6 Å². The highest BCUT2D eigenvalue weighted by Crippen LogP contribution is 2.21. The molecule has 23 heavy (non-hydrogen) atoms. The zero-order valence-corrected chi connectivity index (χ0v) is 14.6. The van der Waals surface area contributed by atoms with Gasteiger partial charge in [0.05, 0.1) is 5.92 Å². The van der Waals surface area contributed by atoms with Gasteiger partial charge in [0.2, 0.25) is 5.91 Å². The molecule has 0 spiro atoms. The largest absolute Gasteiger partial charge is 0.456 e. The van der Waals surface area contributed by atoms with Crippen LogP contribution >= 0.6 is 12.4 Å². The quantitative estimate of drug-likeness (QED) is 0.848. The number of carbonyl (C=O) groups is 2. The highest BCUT2D eigenvalue weighted by atomic mass is 35.5. The molecule has 130 valence electrons. The maximum Gasteiger partial charge on any atom is 0.289 e. The molecule has 0 radical (unpaired) electrons. The Morgan fingerprint density at radius 3 is 2.83 bits per heavy atom. The standard InChI is InChI=1S/C16H25N3O3.ClH/c1-3-13-11(2)9-14(22-13)16(21)19-8-4-5-12(10-19)15(20)18-7-6-17;/h9,12H,3-8,10,17H2,1-2H3,(H,18,20);1H. The highest BCUT2D eigenvalue weighted by molar-refractivity contribution is 5.92. The van der Waals surface area contributed by atoms with Crippen molar-refractivity contribution in [3.63, 3.8) is 0 Å². The number of furan rings is 1. The number of hydrogen-bond donors (Lipinski definition) is 2. The zero-order valence-electron chi connectivity index (χ0n) is 13.8. The van der Waals surface area contributed by atoms with E-state index in [2.05, 4.69) is 5.32 Å². The first-order valence-corrected chi connectivity index (χ1v) is 7.93. The van der Waals surface area contributed by atoms with Crippen molar-refractivity contribution in [1.82, 2.24) is 10.2 Å². The molecular formula is C16H26ClN3O3. The molecule has 3 N–H and O–H groups in total. The Morgan fingerprint density at radius 1 is 1.48 bits per heavy atom. The Kier molecular flexibility index (Phi) is 7.58. The number of piperidine rings is 1. The van der Waals surface area contributed by atoms with Crippen LogP contribution in [0.15, 0.2) is 10.5 Å². The van der Waals surface area contributed by atoms with Crippen LogP contribution < -0.4 is 11.1 Å². The minimum atomic E-state index is -0.161. The fourth-order valence-corrected chi connectivity index (χ4v) is 2.85. The van der Waals surface area contributed by atoms with Gasteiger partial charge < -0.3 is 20.4 Å². The number of likely N-dealkylation sites (tertiary alicyclic amines) is 1. The molecule has 2 amide bonds. The van der Waals surface area contributed by atoms with E-state index in [1.165, 1.54) is 0 Å². The molecule has 7 heteroatoms. The van der Waals surface area contributed by atoms with Crippen LogP contribution in [0, 0.1) is 12.8 Å². The summed E-state index contributed by atoms with van der Waals surface area (Å²) >= 11 is 0. The van der Waals surface area contributed by atoms with Crippen LogP contribution in [0.5, 0.6) is 0 Å². The zero-order chi connectivity index (χ0) is 16.1. The van der Waals surface area contributed by atoms with E-state index >= 15 is 0 Å². The second-order valence-corrected chi connectivity index (χ2v) is 5.74. The normalized spacial score (nSPS) is 17.5. The van der Waals surface area contributed by atoms with Crippen molar-refractivity contribution in [2.45, 2.75) is 33.1 Å². The fourth-order valence-electron chi connectivity index (χ4n) is 2.85. The molecule has 1 atom stereocenters. The third-order valence-electron chi connectivity index (χ3n) is 4.08. The summed E-state index contributed by atoms with van der Waals surface area (Å²) in [5, 5.41) is 2.80. The third kappa shape index (κ3) is 4.72. The van der Waals surface area contributed by atoms with Gasteiger partial charge in [-0.2, -0.15) is 0 Å². The Morgan fingerprint density at radius 2 is 2.22 bits per heavy atom. The summed E-state index contributed by atoms with van der Waals surface area (Å²) in [5.74, 6) is 0.910. The molecule has 0 aliphatic carbocycles. The Balaban J connectivity index is 0.00000264. The molecule has 2 heterocycles. The lowest BCUT2D eigenvalue weighted by Crippen LogP contribution is -2.46. The topological polar surface area (TPSA) is 88.6 Å². The smallest absolute Gasteiger partial charge is 0.289 e. The first-order chi connectivity index (χ1) is 10.6. The molecule has 0 bridgehead atoms. The summed E-state index contributed by atoms with van der Waals surface area (Å²) < 4.78 is 5.63. The van der Waals surface area contributed by atoms with Gasteiger partial charge in [-0.25, -0.2) is 0 Å². The number of amides is 2. The van der Waals surface area contributed by atoms with E-state index in [1.54, 1.807) is 11.0 Å². The second-order valence-electron chi connectivity index (χ2n) is 5.74. The summed E-state index contributed by atoms with van der Waals surface area (Å²) in [4.78, 5) is 26.3. The highest BCUT2D eigenvalue weighted by Gasteiger charge is 2.30. The summed E-state index contributed by atoms with van der Waals surface area (Å²) in [6, 6.07) is 1.79. The molecule has 1 unspecified atom stereocenters. The molecular weight excluding hydrogens is 318 g/mol. The average molecular weight is 344 g/mol. The third-order valence-corrected chi connectivity index (χ3v) is 4.08. The van der Waals surface area contributed by atoms with E-state index in [0.29, 0.717) is 31.9 Å². The fraction of sp³-hybridized carbons (Fsp3) is 0.625. The first-order valence-electron chi connectivity index (χ1n) is 7.93. The maximum absolute atomic E-state index is 12.5. The molecule has 1 aliphatic heterocycles. The Labute approximate surface area is 143 Å². The number of rotatable bonds is 5. The van der Waals surface area contributed by atoms with Gasteiger partial charge in [-0.3, -0.25) is 9.59 Å². The van der Waals surface area contributed by atoms with E-state index in [9.17, 15) is 9.59 Å². The number of nitrogens with two attached hydrogens (primary N) is 1. The predicted octanol–water partition coefficient (Wildman–Crippen LogP) is 1.50. The van der Waals surface area contributed by atoms with Gasteiger partial charge in [0.15, 0.2) is 5.76 Å². The van der Waals surface area contributed by atoms with Crippen LogP contribution in [0.2, 0.25) is 0 Å². The molecule has 2 rings (SSSR count). The van der Waals surface area contributed by atoms with E-state index < -0.39 is 0 Å². The van der Waals surface area contributed by atoms with Gasteiger partial charge in [0.1, 0.15) is 5.76 Å². The maximum atomic E-state index is 12.5. The summed E-state index contributed by atoms with van der Waals surface area (Å²) in [6.45, 7) is 5.95. The summed E-state index contributed by atoms with van der Waals surface area (Å²) in [7, 11) is 0. The van der Waals surface area contributed by atoms with E-state index in [-0.39, 0.29) is 30.1 Å². The van der Waals surface area contributed by atoms with Crippen molar-refractivity contribution in [3.8, 4) is 0 Å². The van der Waals surface area contributed by atoms with E-state index in [4.69, 9.17) is 10.2 Å². The number of hydrogen-bond acceptors (Lipinski definition) is 4.